The molecule has 0 amide bonds. The number of carbonyl (C=O) groups excluding carboxylic acids is 1. The summed E-state index contributed by atoms with van der Waals surface area (Å²) in [5, 5.41) is 0.691. The zero-order chi connectivity index (χ0) is 11.8. The molecule has 1 fully saturated rings. The second-order valence-corrected chi connectivity index (χ2v) is 5.06. The molecule has 0 saturated heterocycles. The molecular formula is C13H15ClO2. The summed E-state index contributed by atoms with van der Waals surface area (Å²) in [6, 6.07) is 5.59. The maximum absolute atomic E-state index is 11.4. The van der Waals surface area contributed by atoms with Crippen LogP contribution < -0.4 is 4.74 Å². The third-order valence-electron chi connectivity index (χ3n) is 3.35. The number of rotatable bonds is 2. The molecule has 3 heteroatoms. The summed E-state index contributed by atoms with van der Waals surface area (Å²) in [6.45, 7) is 2.10. The maximum atomic E-state index is 11.4. The Hall–Kier alpha value is -1.02. The van der Waals surface area contributed by atoms with Gasteiger partial charge >= 0.3 is 0 Å². The van der Waals surface area contributed by atoms with Crippen LogP contribution in [0.25, 0.3) is 0 Å². The second-order valence-electron chi connectivity index (χ2n) is 4.62. The zero-order valence-electron chi connectivity index (χ0n) is 9.55. The molecule has 1 atom stereocenters. The van der Waals surface area contributed by atoms with Crippen LogP contribution in [-0.2, 0) is 10.2 Å². The minimum Gasteiger partial charge on any atom is -0.496 e. The molecule has 1 aliphatic rings. The molecule has 0 radical (unpaired) electrons. The highest BCUT2D eigenvalue weighted by atomic mass is 35.5. The van der Waals surface area contributed by atoms with Gasteiger partial charge in [0.05, 0.1) is 7.11 Å². The Balaban J connectivity index is 2.46. The summed E-state index contributed by atoms with van der Waals surface area (Å²) in [7, 11) is 1.65. The van der Waals surface area contributed by atoms with E-state index in [2.05, 4.69) is 6.92 Å². The van der Waals surface area contributed by atoms with Crippen LogP contribution in [0.5, 0.6) is 5.75 Å². The Labute approximate surface area is 101 Å². The molecule has 2 rings (SSSR count). The van der Waals surface area contributed by atoms with E-state index >= 15 is 0 Å². The normalized spacial score (nSPS) is 24.8. The standard InChI is InChI=1S/C13H15ClO2/c1-13(6-5-10(15)8-13)11-7-9(14)3-4-12(11)16-2/h3-4,7H,5-6,8H2,1-2H3. The van der Waals surface area contributed by atoms with Crippen LogP contribution in [0, 0.1) is 0 Å². The molecule has 0 bridgehead atoms. The van der Waals surface area contributed by atoms with Crippen LogP contribution in [0.1, 0.15) is 31.7 Å². The van der Waals surface area contributed by atoms with Crippen molar-refractivity contribution in [2.24, 2.45) is 0 Å². The predicted octanol–water partition coefficient (Wildman–Crippen LogP) is 3.36. The first-order valence-electron chi connectivity index (χ1n) is 5.41. The Morgan fingerprint density at radius 3 is 2.75 bits per heavy atom. The highest BCUT2D eigenvalue weighted by Crippen LogP contribution is 2.43. The maximum Gasteiger partial charge on any atom is 0.133 e. The van der Waals surface area contributed by atoms with Gasteiger partial charge in [-0.15, -0.1) is 0 Å². The Morgan fingerprint density at radius 2 is 2.19 bits per heavy atom. The number of hydrogen-bond donors (Lipinski definition) is 0. The first-order valence-corrected chi connectivity index (χ1v) is 5.79. The molecule has 0 aromatic heterocycles. The number of carbonyl (C=O) groups is 1. The Morgan fingerprint density at radius 1 is 1.44 bits per heavy atom. The minimum absolute atomic E-state index is 0.118. The molecule has 86 valence electrons. The smallest absolute Gasteiger partial charge is 0.133 e. The van der Waals surface area contributed by atoms with Crippen LogP contribution in [-0.4, -0.2) is 12.9 Å². The van der Waals surface area contributed by atoms with Gasteiger partial charge < -0.3 is 4.74 Å². The van der Waals surface area contributed by atoms with Gasteiger partial charge in [0.1, 0.15) is 11.5 Å². The lowest BCUT2D eigenvalue weighted by atomic mass is 9.80. The van der Waals surface area contributed by atoms with E-state index in [1.54, 1.807) is 7.11 Å². The number of methoxy groups -OCH3 is 1. The van der Waals surface area contributed by atoms with Gasteiger partial charge in [-0.1, -0.05) is 18.5 Å². The van der Waals surface area contributed by atoms with Gasteiger partial charge in [0.15, 0.2) is 0 Å². The van der Waals surface area contributed by atoms with Gasteiger partial charge in [0.25, 0.3) is 0 Å². The van der Waals surface area contributed by atoms with Gasteiger partial charge in [-0.3, -0.25) is 4.79 Å². The van der Waals surface area contributed by atoms with Gasteiger partial charge in [-0.25, -0.2) is 0 Å². The predicted molar refractivity (Wildman–Crippen MR) is 64.2 cm³/mol. The molecule has 1 saturated carbocycles. The average molecular weight is 239 g/mol. The lowest BCUT2D eigenvalue weighted by molar-refractivity contribution is -0.117. The minimum atomic E-state index is -0.118. The van der Waals surface area contributed by atoms with Crippen molar-refractivity contribution in [1.29, 1.82) is 0 Å². The lowest BCUT2D eigenvalue weighted by Gasteiger charge is -2.25. The van der Waals surface area contributed by atoms with Crippen LogP contribution >= 0.6 is 11.6 Å². The number of benzene rings is 1. The first-order chi connectivity index (χ1) is 7.55. The molecule has 16 heavy (non-hydrogen) atoms. The van der Waals surface area contributed by atoms with E-state index in [0.717, 1.165) is 17.7 Å². The van der Waals surface area contributed by atoms with E-state index in [4.69, 9.17) is 16.3 Å². The van der Waals surface area contributed by atoms with E-state index in [0.29, 0.717) is 23.6 Å². The monoisotopic (exact) mass is 238 g/mol. The van der Waals surface area contributed by atoms with Crippen LogP contribution in [0.4, 0.5) is 0 Å². The van der Waals surface area contributed by atoms with Crippen LogP contribution in [0.15, 0.2) is 18.2 Å². The van der Waals surface area contributed by atoms with E-state index in [-0.39, 0.29) is 5.41 Å². The van der Waals surface area contributed by atoms with Crippen molar-refractivity contribution < 1.29 is 9.53 Å². The third-order valence-corrected chi connectivity index (χ3v) is 3.59. The Kier molecular flexibility index (Phi) is 2.94. The number of Topliss-reactive ketones (excluding diaryl/α,β-unsaturated/α-hetero) is 1. The summed E-state index contributed by atoms with van der Waals surface area (Å²) in [5.74, 6) is 1.14. The summed E-state index contributed by atoms with van der Waals surface area (Å²) >= 11 is 6.01. The van der Waals surface area contributed by atoms with E-state index in [1.807, 2.05) is 18.2 Å². The van der Waals surface area contributed by atoms with Gasteiger partial charge in [-0.05, 0) is 24.6 Å². The average Bonchev–Trinajstić information content (AvgIpc) is 2.60. The number of ketones is 1. The van der Waals surface area contributed by atoms with Crippen molar-refractivity contribution in [1.82, 2.24) is 0 Å². The van der Waals surface area contributed by atoms with E-state index in [1.165, 1.54) is 0 Å². The van der Waals surface area contributed by atoms with Gasteiger partial charge in [-0.2, -0.15) is 0 Å². The van der Waals surface area contributed by atoms with E-state index in [9.17, 15) is 4.79 Å². The van der Waals surface area contributed by atoms with Crippen molar-refractivity contribution >= 4 is 17.4 Å². The van der Waals surface area contributed by atoms with E-state index < -0.39 is 0 Å². The fraction of sp³-hybridized carbons (Fsp3) is 0.462. The highest BCUT2D eigenvalue weighted by molar-refractivity contribution is 6.30. The van der Waals surface area contributed by atoms with Crippen molar-refractivity contribution in [2.45, 2.75) is 31.6 Å². The molecule has 1 unspecified atom stereocenters. The molecule has 0 spiro atoms. The molecule has 0 heterocycles. The summed E-state index contributed by atoms with van der Waals surface area (Å²) < 4.78 is 5.34. The topological polar surface area (TPSA) is 26.3 Å². The summed E-state index contributed by atoms with van der Waals surface area (Å²) in [6.07, 6.45) is 2.12. The Bertz CT molecular complexity index is 428. The summed E-state index contributed by atoms with van der Waals surface area (Å²) in [4.78, 5) is 11.4. The molecule has 1 aromatic carbocycles. The number of halogens is 1. The molecule has 0 aliphatic heterocycles. The first kappa shape index (κ1) is 11.5. The SMILES string of the molecule is COc1ccc(Cl)cc1C1(C)CCC(=O)C1. The van der Waals surface area contributed by atoms with Crippen LogP contribution in [0.2, 0.25) is 5.02 Å². The second kappa shape index (κ2) is 4.10. The van der Waals surface area contributed by atoms with Gasteiger partial charge in [0, 0.05) is 28.8 Å². The number of hydrogen-bond acceptors (Lipinski definition) is 2. The molecular weight excluding hydrogens is 224 g/mol. The van der Waals surface area contributed by atoms with Gasteiger partial charge in [0.2, 0.25) is 0 Å². The highest BCUT2D eigenvalue weighted by Gasteiger charge is 2.37. The third kappa shape index (κ3) is 1.94. The van der Waals surface area contributed by atoms with Crippen molar-refractivity contribution in [3.63, 3.8) is 0 Å². The fourth-order valence-corrected chi connectivity index (χ4v) is 2.58. The number of ether oxygens (including phenoxy) is 1. The summed E-state index contributed by atoms with van der Waals surface area (Å²) in [5.41, 5.74) is 0.932. The zero-order valence-corrected chi connectivity index (χ0v) is 10.3. The largest absolute Gasteiger partial charge is 0.496 e. The molecule has 2 nitrogen and oxygen atoms in total. The van der Waals surface area contributed by atoms with Crippen LogP contribution in [0.3, 0.4) is 0 Å². The molecule has 0 N–H and O–H groups in total. The fourth-order valence-electron chi connectivity index (χ4n) is 2.41. The quantitative estimate of drug-likeness (QED) is 0.790. The van der Waals surface area contributed by atoms with Crippen molar-refractivity contribution in [2.75, 3.05) is 7.11 Å². The molecule has 1 aromatic rings. The lowest BCUT2D eigenvalue weighted by Crippen LogP contribution is -2.18. The van der Waals surface area contributed by atoms with Crippen molar-refractivity contribution in [3.8, 4) is 5.75 Å². The molecule has 1 aliphatic carbocycles. The van der Waals surface area contributed by atoms with Crippen molar-refractivity contribution in [3.05, 3.63) is 28.8 Å².